The lowest BCUT2D eigenvalue weighted by Crippen LogP contribution is -2.32. The molecule has 0 saturated heterocycles. The van der Waals surface area contributed by atoms with Crippen molar-refractivity contribution in [3.8, 4) is 0 Å². The second-order valence-corrected chi connectivity index (χ2v) is 3.31. The van der Waals surface area contributed by atoms with Gasteiger partial charge in [-0.25, -0.2) is 13.6 Å². The molecule has 0 bridgehead atoms. The molecule has 1 saturated carbocycles. The summed E-state index contributed by atoms with van der Waals surface area (Å²) in [6.07, 6.45) is -2.00. The van der Waals surface area contributed by atoms with E-state index in [0.29, 0.717) is 19.3 Å². The lowest BCUT2D eigenvalue weighted by molar-refractivity contribution is -0.0217. The summed E-state index contributed by atoms with van der Waals surface area (Å²) in [7, 11) is 0. The zero-order valence-corrected chi connectivity index (χ0v) is 7.58. The summed E-state index contributed by atoms with van der Waals surface area (Å²) >= 11 is 0. The van der Waals surface area contributed by atoms with Crippen LogP contribution < -0.4 is 5.32 Å². The van der Waals surface area contributed by atoms with Crippen molar-refractivity contribution in [3.05, 3.63) is 0 Å². The minimum atomic E-state index is -2.46. The Kier molecular flexibility index (Phi) is 4.06. The van der Waals surface area contributed by atoms with Gasteiger partial charge in [0.1, 0.15) is 6.61 Å². The van der Waals surface area contributed by atoms with Gasteiger partial charge in [-0.3, -0.25) is 0 Å². The van der Waals surface area contributed by atoms with Crippen LogP contribution in [0.5, 0.6) is 0 Å². The number of hydrogen-bond donors (Lipinski definition) is 2. The molecule has 0 radical (unpaired) electrons. The number of amides is 1. The molecule has 0 aromatic carbocycles. The predicted octanol–water partition coefficient (Wildman–Crippen LogP) is 1.46. The maximum atomic E-state index is 11.8. The van der Waals surface area contributed by atoms with E-state index in [9.17, 15) is 13.6 Å². The van der Waals surface area contributed by atoms with Gasteiger partial charge in [0.15, 0.2) is 0 Å². The first-order valence-corrected chi connectivity index (χ1v) is 4.47. The summed E-state index contributed by atoms with van der Waals surface area (Å²) < 4.78 is 28.4. The molecule has 0 aliphatic heterocycles. The molecule has 1 rings (SSSR count). The van der Waals surface area contributed by atoms with Crippen LogP contribution in [0.15, 0.2) is 0 Å². The molecule has 14 heavy (non-hydrogen) atoms. The Morgan fingerprint density at radius 1 is 1.57 bits per heavy atom. The average Bonchev–Trinajstić information content (AvgIpc) is 2.47. The van der Waals surface area contributed by atoms with Gasteiger partial charge in [0.25, 0.3) is 6.43 Å². The third-order valence-electron chi connectivity index (χ3n) is 2.17. The Morgan fingerprint density at radius 2 is 2.29 bits per heavy atom. The minimum Gasteiger partial charge on any atom is -0.465 e. The third-order valence-corrected chi connectivity index (χ3v) is 2.17. The molecule has 0 aromatic rings. The minimum absolute atomic E-state index is 0.157. The van der Waals surface area contributed by atoms with Crippen molar-refractivity contribution in [1.29, 1.82) is 0 Å². The first-order valence-electron chi connectivity index (χ1n) is 4.47. The van der Waals surface area contributed by atoms with E-state index in [2.05, 4.69) is 5.32 Å². The zero-order chi connectivity index (χ0) is 10.6. The average molecular weight is 209 g/mol. The van der Waals surface area contributed by atoms with Gasteiger partial charge in [0.2, 0.25) is 0 Å². The van der Waals surface area contributed by atoms with E-state index in [0.717, 1.165) is 0 Å². The highest BCUT2D eigenvalue weighted by Gasteiger charge is 2.26. The van der Waals surface area contributed by atoms with Crippen molar-refractivity contribution in [2.45, 2.75) is 37.8 Å². The van der Waals surface area contributed by atoms with E-state index in [4.69, 9.17) is 9.84 Å². The Morgan fingerprint density at radius 3 is 2.86 bits per heavy atom. The van der Waals surface area contributed by atoms with Crippen molar-refractivity contribution < 1.29 is 23.4 Å². The van der Waals surface area contributed by atoms with E-state index >= 15 is 0 Å². The molecule has 6 heteroatoms. The van der Waals surface area contributed by atoms with E-state index in [1.54, 1.807) is 0 Å². The van der Waals surface area contributed by atoms with E-state index in [1.807, 2.05) is 0 Å². The van der Waals surface area contributed by atoms with Crippen LogP contribution in [0.4, 0.5) is 13.6 Å². The molecular weight excluding hydrogens is 196 g/mol. The number of hydrogen-bond acceptors (Lipinski definition) is 2. The summed E-state index contributed by atoms with van der Waals surface area (Å²) in [5.41, 5.74) is 0. The van der Waals surface area contributed by atoms with Crippen molar-refractivity contribution in [1.82, 2.24) is 5.32 Å². The topological polar surface area (TPSA) is 58.6 Å². The molecule has 2 atom stereocenters. The molecule has 1 aliphatic carbocycles. The Labute approximate surface area is 80.2 Å². The van der Waals surface area contributed by atoms with Gasteiger partial charge in [0.05, 0.1) is 6.10 Å². The van der Waals surface area contributed by atoms with Crippen molar-refractivity contribution >= 4 is 6.09 Å². The molecule has 0 spiro atoms. The SMILES string of the molecule is O=C(O)N[C@@H]1CC[C@@H](OCC(F)F)C1. The number of rotatable bonds is 4. The first kappa shape index (κ1) is 11.2. The van der Waals surface area contributed by atoms with Gasteiger partial charge in [-0.2, -0.15) is 0 Å². The second kappa shape index (κ2) is 5.09. The summed E-state index contributed by atoms with van der Waals surface area (Å²) in [6, 6.07) is -0.157. The lowest BCUT2D eigenvalue weighted by atomic mass is 10.2. The molecule has 1 amide bonds. The molecule has 0 aromatic heterocycles. The van der Waals surface area contributed by atoms with Gasteiger partial charge < -0.3 is 15.2 Å². The number of carbonyl (C=O) groups is 1. The van der Waals surface area contributed by atoms with Crippen molar-refractivity contribution in [3.63, 3.8) is 0 Å². The number of alkyl halides is 2. The van der Waals surface area contributed by atoms with Crippen LogP contribution >= 0.6 is 0 Å². The molecule has 4 nitrogen and oxygen atoms in total. The highest BCUT2D eigenvalue weighted by Crippen LogP contribution is 2.22. The number of nitrogens with one attached hydrogen (secondary N) is 1. The van der Waals surface area contributed by atoms with Crippen LogP contribution in [0.2, 0.25) is 0 Å². The fourth-order valence-corrected chi connectivity index (χ4v) is 1.61. The highest BCUT2D eigenvalue weighted by molar-refractivity contribution is 5.64. The molecule has 82 valence electrons. The van der Waals surface area contributed by atoms with Crippen LogP contribution in [0.25, 0.3) is 0 Å². The Bertz CT molecular complexity index is 201. The maximum absolute atomic E-state index is 11.8. The van der Waals surface area contributed by atoms with E-state index < -0.39 is 19.1 Å². The monoisotopic (exact) mass is 209 g/mol. The fourth-order valence-electron chi connectivity index (χ4n) is 1.61. The Hall–Kier alpha value is -0.910. The lowest BCUT2D eigenvalue weighted by Gasteiger charge is -2.12. The summed E-state index contributed by atoms with van der Waals surface area (Å²) in [5, 5.41) is 10.7. The van der Waals surface area contributed by atoms with Crippen LogP contribution in [0, 0.1) is 0 Å². The van der Waals surface area contributed by atoms with Gasteiger partial charge in [-0.1, -0.05) is 0 Å². The van der Waals surface area contributed by atoms with Gasteiger partial charge >= 0.3 is 6.09 Å². The standard InChI is InChI=1S/C8H13F2NO3/c9-7(10)4-14-6-2-1-5(3-6)11-8(12)13/h5-7,11H,1-4H2,(H,12,13)/t5-,6-/m1/s1. The van der Waals surface area contributed by atoms with Gasteiger partial charge in [-0.15, -0.1) is 0 Å². The third kappa shape index (κ3) is 3.87. The van der Waals surface area contributed by atoms with E-state index in [-0.39, 0.29) is 12.1 Å². The summed E-state index contributed by atoms with van der Waals surface area (Å²) in [5.74, 6) is 0. The quantitative estimate of drug-likeness (QED) is 0.736. The van der Waals surface area contributed by atoms with Crippen molar-refractivity contribution in [2.24, 2.45) is 0 Å². The first-order chi connectivity index (χ1) is 6.58. The van der Waals surface area contributed by atoms with Crippen LogP contribution in [-0.2, 0) is 4.74 Å². The summed E-state index contributed by atoms with van der Waals surface area (Å²) in [6.45, 7) is -0.565. The number of ether oxygens (including phenoxy) is 1. The predicted molar refractivity (Wildman–Crippen MR) is 44.5 cm³/mol. The second-order valence-electron chi connectivity index (χ2n) is 3.31. The molecule has 1 fully saturated rings. The molecule has 0 unspecified atom stereocenters. The molecular formula is C8H13F2NO3. The van der Waals surface area contributed by atoms with Gasteiger partial charge in [-0.05, 0) is 19.3 Å². The Balaban J connectivity index is 2.17. The highest BCUT2D eigenvalue weighted by atomic mass is 19.3. The van der Waals surface area contributed by atoms with Crippen LogP contribution in [-0.4, -0.2) is 36.4 Å². The molecule has 0 heterocycles. The largest absolute Gasteiger partial charge is 0.465 e. The van der Waals surface area contributed by atoms with E-state index in [1.165, 1.54) is 0 Å². The fraction of sp³-hybridized carbons (Fsp3) is 0.875. The van der Waals surface area contributed by atoms with Gasteiger partial charge in [0, 0.05) is 6.04 Å². The van der Waals surface area contributed by atoms with Crippen LogP contribution in [0.1, 0.15) is 19.3 Å². The smallest absolute Gasteiger partial charge is 0.404 e. The summed E-state index contributed by atoms with van der Waals surface area (Å²) in [4.78, 5) is 10.3. The van der Waals surface area contributed by atoms with Crippen molar-refractivity contribution in [2.75, 3.05) is 6.61 Å². The normalized spacial score (nSPS) is 26.8. The number of carboxylic acid groups (broad SMARTS) is 1. The zero-order valence-electron chi connectivity index (χ0n) is 7.58. The van der Waals surface area contributed by atoms with Crippen LogP contribution in [0.3, 0.4) is 0 Å². The maximum Gasteiger partial charge on any atom is 0.404 e. The molecule has 2 N–H and O–H groups in total. The molecule has 1 aliphatic rings. The number of halogens is 2.